The Labute approximate surface area is 117 Å². The summed E-state index contributed by atoms with van der Waals surface area (Å²) in [5, 5.41) is 0. The predicted octanol–water partition coefficient (Wildman–Crippen LogP) is 4.03. The fourth-order valence-corrected chi connectivity index (χ4v) is 2.96. The van der Waals surface area contributed by atoms with Gasteiger partial charge in [0.05, 0.1) is 0 Å². The number of pyridine rings is 1. The molecule has 0 radical (unpaired) electrons. The molecule has 1 aliphatic rings. The number of halogens is 1. The highest BCUT2D eigenvalue weighted by Crippen LogP contribution is 2.33. The van der Waals surface area contributed by atoms with Gasteiger partial charge in [-0.1, -0.05) is 13.8 Å². The number of hydrogen-bond acceptors (Lipinski definition) is 2. The molecule has 2 atom stereocenters. The summed E-state index contributed by atoms with van der Waals surface area (Å²) in [6, 6.07) is 4.01. The van der Waals surface area contributed by atoms with Gasteiger partial charge >= 0.3 is 0 Å². The molecular weight excluding hydrogens is 290 g/mol. The van der Waals surface area contributed by atoms with E-state index in [9.17, 15) is 4.79 Å². The zero-order chi connectivity index (χ0) is 13.1. The fraction of sp³-hybridized carbons (Fsp3) is 0.600. The highest BCUT2D eigenvalue weighted by molar-refractivity contribution is 9.10. The molecule has 1 heterocycles. The molecule has 1 fully saturated rings. The summed E-state index contributed by atoms with van der Waals surface area (Å²) < 4.78 is 0.987. The van der Waals surface area contributed by atoms with Crippen molar-refractivity contribution in [2.75, 3.05) is 0 Å². The standard InChI is InChI=1S/C15H20BrNO/c1-10(2)11-3-6-15(18)12(7-11)8-14-5-4-13(16)9-17-14/h4-5,9-12H,3,6-8H2,1-2H3. The summed E-state index contributed by atoms with van der Waals surface area (Å²) in [6.07, 6.45) is 5.47. The topological polar surface area (TPSA) is 30.0 Å². The molecule has 2 unspecified atom stereocenters. The lowest BCUT2D eigenvalue weighted by molar-refractivity contribution is -0.125. The van der Waals surface area contributed by atoms with E-state index in [1.807, 2.05) is 18.3 Å². The van der Waals surface area contributed by atoms with Crippen molar-refractivity contribution in [2.24, 2.45) is 17.8 Å². The highest BCUT2D eigenvalue weighted by Gasteiger charge is 2.30. The summed E-state index contributed by atoms with van der Waals surface area (Å²) in [7, 11) is 0. The number of hydrogen-bond donors (Lipinski definition) is 0. The van der Waals surface area contributed by atoms with Crippen LogP contribution in [0.3, 0.4) is 0 Å². The van der Waals surface area contributed by atoms with Crippen molar-refractivity contribution in [1.29, 1.82) is 0 Å². The minimum Gasteiger partial charge on any atom is -0.299 e. The van der Waals surface area contributed by atoms with Crippen LogP contribution in [0.15, 0.2) is 22.8 Å². The maximum atomic E-state index is 12.0. The second kappa shape index (κ2) is 5.96. The van der Waals surface area contributed by atoms with Crippen molar-refractivity contribution in [3.63, 3.8) is 0 Å². The lowest BCUT2D eigenvalue weighted by Crippen LogP contribution is -2.29. The van der Waals surface area contributed by atoms with Crippen LogP contribution in [0.2, 0.25) is 0 Å². The first-order valence-electron chi connectivity index (χ1n) is 6.69. The Balaban J connectivity index is 2.02. The SMILES string of the molecule is CC(C)C1CCC(=O)C(Cc2ccc(Br)cn2)C1. The third-order valence-corrected chi connectivity index (χ3v) is 4.46. The van der Waals surface area contributed by atoms with E-state index in [1.165, 1.54) is 0 Å². The summed E-state index contributed by atoms with van der Waals surface area (Å²) in [6.45, 7) is 4.52. The van der Waals surface area contributed by atoms with Gasteiger partial charge < -0.3 is 0 Å². The van der Waals surface area contributed by atoms with E-state index >= 15 is 0 Å². The molecule has 98 valence electrons. The fourth-order valence-electron chi connectivity index (χ4n) is 2.73. The molecule has 1 aromatic heterocycles. The quantitative estimate of drug-likeness (QED) is 0.844. The Kier molecular flexibility index (Phi) is 4.55. The molecule has 0 spiro atoms. The van der Waals surface area contributed by atoms with Gasteiger partial charge in [-0.05, 0) is 59.2 Å². The van der Waals surface area contributed by atoms with Gasteiger partial charge in [0.15, 0.2) is 0 Å². The van der Waals surface area contributed by atoms with Crippen molar-refractivity contribution in [3.8, 4) is 0 Å². The van der Waals surface area contributed by atoms with Crippen LogP contribution in [-0.4, -0.2) is 10.8 Å². The van der Waals surface area contributed by atoms with E-state index in [1.54, 1.807) is 0 Å². The molecule has 0 amide bonds. The highest BCUT2D eigenvalue weighted by atomic mass is 79.9. The van der Waals surface area contributed by atoms with E-state index in [0.717, 1.165) is 35.8 Å². The smallest absolute Gasteiger partial charge is 0.136 e. The largest absolute Gasteiger partial charge is 0.299 e. The minimum absolute atomic E-state index is 0.180. The normalized spacial score (nSPS) is 24.6. The van der Waals surface area contributed by atoms with Crippen LogP contribution < -0.4 is 0 Å². The molecule has 0 bridgehead atoms. The maximum absolute atomic E-state index is 12.0. The zero-order valence-corrected chi connectivity index (χ0v) is 12.6. The molecule has 18 heavy (non-hydrogen) atoms. The van der Waals surface area contributed by atoms with Crippen molar-refractivity contribution >= 4 is 21.7 Å². The van der Waals surface area contributed by atoms with Gasteiger partial charge in [0.2, 0.25) is 0 Å². The Hall–Kier alpha value is -0.700. The molecule has 0 saturated heterocycles. The third kappa shape index (κ3) is 3.41. The lowest BCUT2D eigenvalue weighted by Gasteiger charge is -2.30. The minimum atomic E-state index is 0.180. The number of Topliss-reactive ketones (excluding diaryl/α,β-unsaturated/α-hetero) is 1. The number of carbonyl (C=O) groups is 1. The van der Waals surface area contributed by atoms with Crippen LogP contribution in [0.4, 0.5) is 0 Å². The molecule has 0 aromatic carbocycles. The van der Waals surface area contributed by atoms with Gasteiger partial charge in [-0.25, -0.2) is 0 Å². The van der Waals surface area contributed by atoms with Crippen LogP contribution >= 0.6 is 15.9 Å². The van der Waals surface area contributed by atoms with Gasteiger partial charge in [-0.15, -0.1) is 0 Å². The summed E-state index contributed by atoms with van der Waals surface area (Å²) >= 11 is 3.38. The van der Waals surface area contributed by atoms with E-state index in [4.69, 9.17) is 0 Å². The first-order chi connectivity index (χ1) is 8.56. The Morgan fingerprint density at radius 1 is 1.44 bits per heavy atom. The molecule has 0 aliphatic heterocycles. The molecule has 1 aliphatic carbocycles. The molecule has 2 nitrogen and oxygen atoms in total. The first-order valence-corrected chi connectivity index (χ1v) is 7.48. The molecule has 3 heteroatoms. The summed E-state index contributed by atoms with van der Waals surface area (Å²) in [5.41, 5.74) is 1.03. The number of carbonyl (C=O) groups excluding carboxylic acids is 1. The van der Waals surface area contributed by atoms with E-state index in [2.05, 4.69) is 34.8 Å². The van der Waals surface area contributed by atoms with Crippen LogP contribution in [0, 0.1) is 17.8 Å². The van der Waals surface area contributed by atoms with Crippen LogP contribution in [0.5, 0.6) is 0 Å². The molecule has 2 rings (SSSR count). The zero-order valence-electron chi connectivity index (χ0n) is 11.0. The van der Waals surface area contributed by atoms with E-state index < -0.39 is 0 Å². The van der Waals surface area contributed by atoms with Gasteiger partial charge in [0.25, 0.3) is 0 Å². The van der Waals surface area contributed by atoms with E-state index in [0.29, 0.717) is 17.6 Å². The molecule has 1 aromatic rings. The summed E-state index contributed by atoms with van der Waals surface area (Å²) in [5.74, 6) is 1.98. The van der Waals surface area contributed by atoms with E-state index in [-0.39, 0.29) is 5.92 Å². The first kappa shape index (κ1) is 13.7. The monoisotopic (exact) mass is 309 g/mol. The van der Waals surface area contributed by atoms with Crippen molar-refractivity contribution in [3.05, 3.63) is 28.5 Å². The van der Waals surface area contributed by atoms with Crippen molar-refractivity contribution in [2.45, 2.75) is 39.5 Å². The Morgan fingerprint density at radius 3 is 2.83 bits per heavy atom. The molecule has 0 N–H and O–H groups in total. The number of rotatable bonds is 3. The van der Waals surface area contributed by atoms with Crippen LogP contribution in [0.1, 0.15) is 38.8 Å². The average molecular weight is 310 g/mol. The van der Waals surface area contributed by atoms with Gasteiger partial charge in [-0.3, -0.25) is 9.78 Å². The van der Waals surface area contributed by atoms with Crippen molar-refractivity contribution < 1.29 is 4.79 Å². The third-order valence-electron chi connectivity index (χ3n) is 3.99. The Morgan fingerprint density at radius 2 is 2.22 bits per heavy atom. The van der Waals surface area contributed by atoms with Crippen LogP contribution in [0.25, 0.3) is 0 Å². The predicted molar refractivity (Wildman–Crippen MR) is 76.3 cm³/mol. The number of aromatic nitrogens is 1. The number of ketones is 1. The molecule has 1 saturated carbocycles. The second-order valence-electron chi connectivity index (χ2n) is 5.61. The Bertz CT molecular complexity index is 413. The van der Waals surface area contributed by atoms with Crippen LogP contribution in [-0.2, 0) is 11.2 Å². The van der Waals surface area contributed by atoms with Gasteiger partial charge in [-0.2, -0.15) is 0 Å². The average Bonchev–Trinajstić information content (AvgIpc) is 2.34. The second-order valence-corrected chi connectivity index (χ2v) is 6.53. The van der Waals surface area contributed by atoms with Gasteiger partial charge in [0.1, 0.15) is 5.78 Å². The number of nitrogens with zero attached hydrogens (tertiary/aromatic N) is 1. The van der Waals surface area contributed by atoms with Gasteiger partial charge in [0, 0.05) is 28.7 Å². The molecular formula is C15H20BrNO. The van der Waals surface area contributed by atoms with Crippen molar-refractivity contribution in [1.82, 2.24) is 4.98 Å². The lowest BCUT2D eigenvalue weighted by atomic mass is 9.74. The summed E-state index contributed by atoms with van der Waals surface area (Å²) in [4.78, 5) is 16.4. The maximum Gasteiger partial charge on any atom is 0.136 e.